The monoisotopic (exact) mass is 395 g/mol. The van der Waals surface area contributed by atoms with E-state index in [9.17, 15) is 18.4 Å². The number of anilines is 1. The number of benzene rings is 2. The summed E-state index contributed by atoms with van der Waals surface area (Å²) < 4.78 is 37.2. The molecule has 8 heteroatoms. The van der Waals surface area contributed by atoms with Crippen molar-refractivity contribution < 1.29 is 27.8 Å². The van der Waals surface area contributed by atoms with Crippen LogP contribution in [0.4, 0.5) is 14.5 Å². The molecule has 0 fully saturated rings. The van der Waals surface area contributed by atoms with Gasteiger partial charge < -0.3 is 14.8 Å². The lowest BCUT2D eigenvalue weighted by molar-refractivity contribution is -0.158. The van der Waals surface area contributed by atoms with Gasteiger partial charge in [-0.05, 0) is 49.2 Å². The van der Waals surface area contributed by atoms with Crippen LogP contribution in [0.15, 0.2) is 36.4 Å². The predicted molar refractivity (Wildman–Crippen MR) is 94.7 cm³/mol. The molecule has 0 unspecified atom stereocenters. The number of halogens is 3. The van der Waals surface area contributed by atoms with Gasteiger partial charge in [0.25, 0.3) is 5.91 Å². The van der Waals surface area contributed by atoms with E-state index < -0.39 is 35.5 Å². The summed E-state index contributed by atoms with van der Waals surface area (Å²) in [6.07, 6.45) is -0.793. The maximum atomic E-state index is 13.6. The molecule has 0 aliphatic carbocycles. The average Bonchev–Trinajstić information content (AvgIpc) is 2.63. The van der Waals surface area contributed by atoms with Crippen LogP contribution >= 0.6 is 11.6 Å². The number of esters is 1. The van der Waals surface area contributed by atoms with Crippen molar-refractivity contribution in [1.29, 1.82) is 0 Å². The SMILES string of the molecule is C[C@H](OC(=O)[C@@H]1COc2ccc(Cl)cc2C1)C(=O)Nc1ccc(F)cc1F. The van der Waals surface area contributed by atoms with Crippen LogP contribution in [0, 0.1) is 17.6 Å². The van der Waals surface area contributed by atoms with Crippen molar-refractivity contribution in [2.24, 2.45) is 5.92 Å². The lowest BCUT2D eigenvalue weighted by Crippen LogP contribution is -2.36. The van der Waals surface area contributed by atoms with E-state index in [4.69, 9.17) is 21.1 Å². The van der Waals surface area contributed by atoms with Crippen molar-refractivity contribution in [2.75, 3.05) is 11.9 Å². The summed E-state index contributed by atoms with van der Waals surface area (Å²) in [5, 5.41) is 2.79. The summed E-state index contributed by atoms with van der Waals surface area (Å²) >= 11 is 5.95. The van der Waals surface area contributed by atoms with Crippen LogP contribution < -0.4 is 10.1 Å². The first-order chi connectivity index (χ1) is 12.8. The molecule has 0 saturated carbocycles. The Hall–Kier alpha value is -2.67. The van der Waals surface area contributed by atoms with Gasteiger partial charge in [-0.25, -0.2) is 8.78 Å². The number of carbonyl (C=O) groups excluding carboxylic acids is 2. The quantitative estimate of drug-likeness (QED) is 0.801. The molecule has 0 bridgehead atoms. The number of carbonyl (C=O) groups is 2. The molecule has 2 atom stereocenters. The molecule has 0 saturated heterocycles. The molecule has 3 rings (SSSR count). The molecule has 0 spiro atoms. The van der Waals surface area contributed by atoms with Gasteiger partial charge in [-0.3, -0.25) is 9.59 Å². The molecular weight excluding hydrogens is 380 g/mol. The molecular formula is C19H16ClF2NO4. The second-order valence-electron chi connectivity index (χ2n) is 6.16. The number of ether oxygens (including phenoxy) is 2. The van der Waals surface area contributed by atoms with Crippen molar-refractivity contribution in [3.63, 3.8) is 0 Å². The van der Waals surface area contributed by atoms with Gasteiger partial charge in [-0.1, -0.05) is 11.6 Å². The van der Waals surface area contributed by atoms with Crippen LogP contribution in [0.1, 0.15) is 12.5 Å². The third-order valence-electron chi connectivity index (χ3n) is 4.11. The first kappa shape index (κ1) is 19.1. The Morgan fingerprint density at radius 2 is 2.04 bits per heavy atom. The minimum absolute atomic E-state index is 0.119. The second kappa shape index (κ2) is 7.92. The molecule has 142 valence electrons. The van der Waals surface area contributed by atoms with Crippen molar-refractivity contribution >= 4 is 29.2 Å². The number of amides is 1. The van der Waals surface area contributed by atoms with E-state index in [2.05, 4.69) is 5.32 Å². The number of fused-ring (bicyclic) bond motifs is 1. The molecule has 1 N–H and O–H groups in total. The molecule has 1 amide bonds. The van der Waals surface area contributed by atoms with Crippen LogP contribution in [0.5, 0.6) is 5.75 Å². The fourth-order valence-electron chi connectivity index (χ4n) is 2.66. The Morgan fingerprint density at radius 3 is 2.78 bits per heavy atom. The lowest BCUT2D eigenvalue weighted by Gasteiger charge is -2.25. The van der Waals surface area contributed by atoms with Crippen LogP contribution in [-0.4, -0.2) is 24.6 Å². The molecule has 1 aliphatic heterocycles. The standard InChI is InChI=1S/C19H16ClF2NO4/c1-10(18(24)23-16-4-3-14(21)8-15(16)22)27-19(25)12-6-11-7-13(20)2-5-17(11)26-9-12/h2-5,7-8,10,12H,6,9H2,1H3,(H,23,24)/t10-,12-/m0/s1. The highest BCUT2D eigenvalue weighted by atomic mass is 35.5. The van der Waals surface area contributed by atoms with Crippen molar-refractivity contribution in [3.8, 4) is 5.75 Å². The van der Waals surface area contributed by atoms with Crippen molar-refractivity contribution in [1.82, 2.24) is 0 Å². The summed E-state index contributed by atoms with van der Waals surface area (Å²) in [6, 6.07) is 7.88. The topological polar surface area (TPSA) is 64.6 Å². The van der Waals surface area contributed by atoms with Gasteiger partial charge in [0.2, 0.25) is 0 Å². The Balaban J connectivity index is 1.59. The van der Waals surface area contributed by atoms with E-state index in [-0.39, 0.29) is 12.3 Å². The number of rotatable bonds is 4. The molecule has 2 aromatic carbocycles. The third-order valence-corrected chi connectivity index (χ3v) is 4.35. The van der Waals surface area contributed by atoms with Gasteiger partial charge in [0, 0.05) is 11.1 Å². The zero-order chi connectivity index (χ0) is 19.6. The first-order valence-electron chi connectivity index (χ1n) is 8.21. The zero-order valence-corrected chi connectivity index (χ0v) is 15.1. The normalized spacial score (nSPS) is 16.7. The summed E-state index contributed by atoms with van der Waals surface area (Å²) in [4.78, 5) is 24.4. The smallest absolute Gasteiger partial charge is 0.313 e. The van der Waals surface area contributed by atoms with E-state index in [1.54, 1.807) is 18.2 Å². The highest BCUT2D eigenvalue weighted by Crippen LogP contribution is 2.30. The van der Waals surface area contributed by atoms with Crippen molar-refractivity contribution in [3.05, 3.63) is 58.6 Å². The average molecular weight is 396 g/mol. The van der Waals surface area contributed by atoms with Gasteiger partial charge >= 0.3 is 5.97 Å². The third kappa shape index (κ3) is 4.54. The van der Waals surface area contributed by atoms with Gasteiger partial charge in [0.15, 0.2) is 6.10 Å². The molecule has 2 aromatic rings. The number of nitrogens with one attached hydrogen (secondary N) is 1. The molecule has 0 radical (unpaired) electrons. The maximum Gasteiger partial charge on any atom is 0.313 e. The highest BCUT2D eigenvalue weighted by Gasteiger charge is 2.30. The minimum Gasteiger partial charge on any atom is -0.492 e. The first-order valence-corrected chi connectivity index (χ1v) is 8.59. The van der Waals surface area contributed by atoms with E-state index in [1.165, 1.54) is 6.92 Å². The fraction of sp³-hybridized carbons (Fsp3) is 0.263. The van der Waals surface area contributed by atoms with E-state index in [0.717, 1.165) is 17.7 Å². The van der Waals surface area contributed by atoms with Gasteiger partial charge in [-0.15, -0.1) is 0 Å². The highest BCUT2D eigenvalue weighted by molar-refractivity contribution is 6.30. The minimum atomic E-state index is -1.16. The maximum absolute atomic E-state index is 13.6. The zero-order valence-electron chi connectivity index (χ0n) is 14.3. The van der Waals surface area contributed by atoms with Crippen LogP contribution in [0.25, 0.3) is 0 Å². The van der Waals surface area contributed by atoms with Gasteiger partial charge in [0.05, 0.1) is 11.6 Å². The predicted octanol–water partition coefficient (Wildman–Crippen LogP) is 3.74. The Labute approximate surface area is 159 Å². The Morgan fingerprint density at radius 1 is 1.26 bits per heavy atom. The van der Waals surface area contributed by atoms with Gasteiger partial charge in [0.1, 0.15) is 24.0 Å². The number of hydrogen-bond acceptors (Lipinski definition) is 4. The van der Waals surface area contributed by atoms with E-state index in [1.807, 2.05) is 0 Å². The van der Waals surface area contributed by atoms with E-state index in [0.29, 0.717) is 23.3 Å². The molecule has 1 heterocycles. The lowest BCUT2D eigenvalue weighted by atomic mass is 9.97. The van der Waals surface area contributed by atoms with Crippen LogP contribution in [0.3, 0.4) is 0 Å². The Bertz CT molecular complexity index is 890. The van der Waals surface area contributed by atoms with Gasteiger partial charge in [-0.2, -0.15) is 0 Å². The second-order valence-corrected chi connectivity index (χ2v) is 6.59. The molecule has 0 aromatic heterocycles. The summed E-state index contributed by atoms with van der Waals surface area (Å²) in [7, 11) is 0. The summed E-state index contributed by atoms with van der Waals surface area (Å²) in [5.74, 6) is -2.95. The van der Waals surface area contributed by atoms with Crippen molar-refractivity contribution in [2.45, 2.75) is 19.4 Å². The molecule has 5 nitrogen and oxygen atoms in total. The summed E-state index contributed by atoms with van der Waals surface area (Å²) in [5.41, 5.74) is 0.579. The largest absolute Gasteiger partial charge is 0.492 e. The Kier molecular flexibility index (Phi) is 5.60. The van der Waals surface area contributed by atoms with Crippen LogP contribution in [0.2, 0.25) is 5.02 Å². The number of hydrogen-bond donors (Lipinski definition) is 1. The molecule has 1 aliphatic rings. The molecule has 27 heavy (non-hydrogen) atoms. The van der Waals surface area contributed by atoms with Crippen LogP contribution in [-0.2, 0) is 20.7 Å². The fourth-order valence-corrected chi connectivity index (χ4v) is 2.86. The summed E-state index contributed by atoms with van der Waals surface area (Å²) in [6.45, 7) is 1.48. The van der Waals surface area contributed by atoms with E-state index >= 15 is 0 Å².